The van der Waals surface area contributed by atoms with E-state index in [1.165, 1.54) is 11.1 Å². The lowest BCUT2D eigenvalue weighted by Gasteiger charge is -2.37. The van der Waals surface area contributed by atoms with Crippen LogP contribution >= 0.6 is 0 Å². The number of nitrogens with one attached hydrogen (secondary N) is 1. The zero-order chi connectivity index (χ0) is 12.8. The van der Waals surface area contributed by atoms with Crippen molar-refractivity contribution in [3.05, 3.63) is 23.3 Å². The van der Waals surface area contributed by atoms with Gasteiger partial charge in [0.2, 0.25) is 0 Å². The van der Waals surface area contributed by atoms with Crippen molar-refractivity contribution in [2.24, 2.45) is 21.8 Å². The van der Waals surface area contributed by atoms with Crippen LogP contribution < -0.4 is 5.43 Å². The van der Waals surface area contributed by atoms with Crippen LogP contribution in [0.2, 0.25) is 0 Å². The Morgan fingerprint density at radius 1 is 0.941 bits per heavy atom. The Labute approximate surface area is 105 Å². The van der Waals surface area contributed by atoms with Crippen molar-refractivity contribution in [2.45, 2.75) is 47.6 Å². The van der Waals surface area contributed by atoms with Crippen molar-refractivity contribution >= 4 is 6.21 Å². The molecule has 1 heterocycles. The molecule has 0 radical (unpaired) electrons. The fourth-order valence-corrected chi connectivity index (χ4v) is 2.55. The number of hydrogen-bond donors (Lipinski definition) is 1. The van der Waals surface area contributed by atoms with Crippen LogP contribution in [0, 0.1) is 16.7 Å². The fourth-order valence-electron chi connectivity index (χ4n) is 2.55. The van der Waals surface area contributed by atoms with E-state index in [1.807, 2.05) is 6.21 Å². The Balaban J connectivity index is 2.45. The highest BCUT2D eigenvalue weighted by atomic mass is 15.3. The molecule has 0 aromatic rings. The highest BCUT2D eigenvalue weighted by molar-refractivity contribution is 5.69. The lowest BCUT2D eigenvalue weighted by atomic mass is 9.68. The summed E-state index contributed by atoms with van der Waals surface area (Å²) in [6, 6.07) is 0.357. The zero-order valence-electron chi connectivity index (χ0n) is 11.8. The molecule has 2 rings (SSSR count). The van der Waals surface area contributed by atoms with Gasteiger partial charge in [0.1, 0.15) is 0 Å². The van der Waals surface area contributed by atoms with Gasteiger partial charge in [0, 0.05) is 12.1 Å². The number of fused-ring (bicyclic) bond motifs is 1. The van der Waals surface area contributed by atoms with E-state index in [1.54, 1.807) is 0 Å². The first-order valence-corrected chi connectivity index (χ1v) is 6.43. The van der Waals surface area contributed by atoms with Gasteiger partial charge in [-0.15, -0.1) is 0 Å². The van der Waals surface area contributed by atoms with Crippen LogP contribution in [0.4, 0.5) is 0 Å². The minimum absolute atomic E-state index is 0.189. The molecule has 2 nitrogen and oxygen atoms in total. The number of hydrazone groups is 1. The van der Waals surface area contributed by atoms with E-state index in [-0.39, 0.29) is 10.8 Å². The molecule has 0 bridgehead atoms. The minimum atomic E-state index is 0.189. The number of nitrogens with zero attached hydrogens (tertiary/aromatic N) is 1. The zero-order valence-corrected chi connectivity index (χ0v) is 11.8. The van der Waals surface area contributed by atoms with E-state index < -0.39 is 0 Å². The molecular weight excluding hydrogens is 208 g/mol. The predicted octanol–water partition coefficient (Wildman–Crippen LogP) is 3.52. The normalized spacial score (nSPS) is 28.4. The van der Waals surface area contributed by atoms with Crippen LogP contribution in [-0.4, -0.2) is 12.3 Å². The summed E-state index contributed by atoms with van der Waals surface area (Å²) in [5, 5.41) is 4.20. The van der Waals surface area contributed by atoms with E-state index in [4.69, 9.17) is 0 Å². The Hall–Kier alpha value is -1.05. The minimum Gasteiger partial charge on any atom is -0.302 e. The Morgan fingerprint density at radius 3 is 2.00 bits per heavy atom. The molecule has 94 valence electrons. The van der Waals surface area contributed by atoms with Gasteiger partial charge < -0.3 is 5.43 Å². The van der Waals surface area contributed by atoms with Crippen molar-refractivity contribution < 1.29 is 0 Å². The van der Waals surface area contributed by atoms with E-state index in [2.05, 4.69) is 64.2 Å². The second-order valence-corrected chi connectivity index (χ2v) is 7.17. The molecule has 0 amide bonds. The van der Waals surface area contributed by atoms with E-state index in [0.29, 0.717) is 12.0 Å². The Kier molecular flexibility index (Phi) is 2.72. The van der Waals surface area contributed by atoms with Crippen molar-refractivity contribution in [3.63, 3.8) is 0 Å². The molecule has 2 unspecified atom stereocenters. The van der Waals surface area contributed by atoms with Gasteiger partial charge in [0.25, 0.3) is 0 Å². The summed E-state index contributed by atoms with van der Waals surface area (Å²) in [5.74, 6) is 0.426. The molecule has 0 saturated carbocycles. The van der Waals surface area contributed by atoms with Gasteiger partial charge in [0.05, 0.1) is 6.04 Å². The van der Waals surface area contributed by atoms with Crippen LogP contribution in [0.5, 0.6) is 0 Å². The predicted molar refractivity (Wildman–Crippen MR) is 74.0 cm³/mol. The number of hydrogen-bond acceptors (Lipinski definition) is 2. The van der Waals surface area contributed by atoms with E-state index in [9.17, 15) is 0 Å². The maximum absolute atomic E-state index is 4.20. The summed E-state index contributed by atoms with van der Waals surface area (Å²) in [7, 11) is 0. The largest absolute Gasteiger partial charge is 0.302 e. The van der Waals surface area contributed by atoms with Gasteiger partial charge in [-0.1, -0.05) is 53.7 Å². The van der Waals surface area contributed by atoms with Crippen molar-refractivity contribution in [2.75, 3.05) is 0 Å². The standard InChI is InChI=1S/C15H24N2/c1-14(2,3)11-7-10-9-16-17-13(10)8-12(11)15(4,5)6/h7-10,13,17H,1-6H3. The van der Waals surface area contributed by atoms with Crippen molar-refractivity contribution in [3.8, 4) is 0 Å². The highest BCUT2D eigenvalue weighted by Crippen LogP contribution is 2.44. The number of allylic oxidation sites excluding steroid dienone is 2. The van der Waals surface area contributed by atoms with Crippen LogP contribution in [0.3, 0.4) is 0 Å². The lowest BCUT2D eigenvalue weighted by Crippen LogP contribution is -2.33. The molecule has 2 aliphatic rings. The van der Waals surface area contributed by atoms with E-state index >= 15 is 0 Å². The van der Waals surface area contributed by atoms with Gasteiger partial charge in [-0.05, 0) is 22.0 Å². The van der Waals surface area contributed by atoms with Crippen LogP contribution in [0.15, 0.2) is 28.4 Å². The monoisotopic (exact) mass is 232 g/mol. The molecule has 1 aliphatic carbocycles. The molecule has 17 heavy (non-hydrogen) atoms. The Morgan fingerprint density at radius 2 is 1.47 bits per heavy atom. The molecule has 1 aliphatic heterocycles. The molecule has 0 aromatic heterocycles. The van der Waals surface area contributed by atoms with Crippen molar-refractivity contribution in [1.82, 2.24) is 5.43 Å². The van der Waals surface area contributed by atoms with Gasteiger partial charge in [0.15, 0.2) is 0 Å². The van der Waals surface area contributed by atoms with Gasteiger partial charge >= 0.3 is 0 Å². The summed E-state index contributed by atoms with van der Waals surface area (Å²) in [6.45, 7) is 13.7. The third-order valence-electron chi connectivity index (χ3n) is 3.50. The number of rotatable bonds is 0. The molecule has 0 fully saturated rings. The molecule has 2 atom stereocenters. The topological polar surface area (TPSA) is 24.4 Å². The lowest BCUT2D eigenvalue weighted by molar-refractivity contribution is 0.428. The summed E-state index contributed by atoms with van der Waals surface area (Å²) in [4.78, 5) is 0. The molecule has 0 aromatic carbocycles. The third kappa shape index (κ3) is 2.31. The summed E-state index contributed by atoms with van der Waals surface area (Å²) in [6.07, 6.45) is 6.79. The fraction of sp³-hybridized carbons (Fsp3) is 0.667. The third-order valence-corrected chi connectivity index (χ3v) is 3.50. The molecule has 1 N–H and O–H groups in total. The van der Waals surface area contributed by atoms with Crippen molar-refractivity contribution in [1.29, 1.82) is 0 Å². The van der Waals surface area contributed by atoms with Gasteiger partial charge in [-0.25, -0.2) is 0 Å². The summed E-state index contributed by atoms with van der Waals surface area (Å²) >= 11 is 0. The SMILES string of the molecule is CC(C)(C)C1=CC2C=NNC2C=C1C(C)(C)C. The van der Waals surface area contributed by atoms with Crippen LogP contribution in [-0.2, 0) is 0 Å². The highest BCUT2D eigenvalue weighted by Gasteiger charge is 2.35. The van der Waals surface area contributed by atoms with Crippen LogP contribution in [0.1, 0.15) is 41.5 Å². The average Bonchev–Trinajstić information content (AvgIpc) is 2.59. The van der Waals surface area contributed by atoms with E-state index in [0.717, 1.165) is 0 Å². The molecule has 0 saturated heterocycles. The summed E-state index contributed by atoms with van der Waals surface area (Å²) in [5.41, 5.74) is 6.50. The molecule has 2 heteroatoms. The molecular formula is C15H24N2. The first kappa shape index (κ1) is 12.4. The second kappa shape index (κ2) is 3.72. The first-order valence-electron chi connectivity index (χ1n) is 6.43. The molecule has 0 spiro atoms. The van der Waals surface area contributed by atoms with Gasteiger partial charge in [-0.2, -0.15) is 5.10 Å². The Bertz CT molecular complexity index is 400. The quantitative estimate of drug-likeness (QED) is 0.679. The maximum atomic E-state index is 4.20. The van der Waals surface area contributed by atoms with Crippen LogP contribution in [0.25, 0.3) is 0 Å². The second-order valence-electron chi connectivity index (χ2n) is 7.17. The summed E-state index contributed by atoms with van der Waals surface area (Å²) < 4.78 is 0. The average molecular weight is 232 g/mol. The maximum Gasteiger partial charge on any atom is 0.0739 e. The first-order chi connectivity index (χ1) is 7.69. The van der Waals surface area contributed by atoms with Gasteiger partial charge in [-0.3, -0.25) is 0 Å². The smallest absolute Gasteiger partial charge is 0.0739 e.